The molecule has 0 radical (unpaired) electrons. The Kier molecular flexibility index (Phi) is 9.79. The molecule has 0 saturated carbocycles. The fraction of sp³-hybridized carbons (Fsp3) is 0.233. The molecule has 208 valence electrons. The highest BCUT2D eigenvalue weighted by Gasteiger charge is 2.23. The quantitative estimate of drug-likeness (QED) is 0.216. The van der Waals surface area contributed by atoms with Gasteiger partial charge in [-0.1, -0.05) is 60.8 Å². The van der Waals surface area contributed by atoms with Crippen LogP contribution >= 0.6 is 23.2 Å². The average molecular weight is 584 g/mol. The summed E-state index contributed by atoms with van der Waals surface area (Å²) in [7, 11) is 0. The van der Waals surface area contributed by atoms with Crippen LogP contribution in [0.4, 0.5) is 14.9 Å². The maximum atomic E-state index is 13.7. The van der Waals surface area contributed by atoms with E-state index in [0.717, 1.165) is 6.42 Å². The van der Waals surface area contributed by atoms with E-state index in [2.05, 4.69) is 5.32 Å². The lowest BCUT2D eigenvalue weighted by atomic mass is 10.1. The predicted molar refractivity (Wildman–Crippen MR) is 155 cm³/mol. The third-order valence-corrected chi connectivity index (χ3v) is 6.87. The van der Waals surface area contributed by atoms with Crippen LogP contribution in [0.25, 0.3) is 11.0 Å². The molecule has 0 bridgehead atoms. The molecule has 10 heteroatoms. The molecule has 0 saturated heterocycles. The minimum absolute atomic E-state index is 0.0599. The molecule has 7 nitrogen and oxygen atoms in total. The summed E-state index contributed by atoms with van der Waals surface area (Å²) in [4.78, 5) is 42.9. The Hall–Kier alpha value is -3.88. The van der Waals surface area contributed by atoms with E-state index in [1.807, 2.05) is 6.92 Å². The number of carbonyl (C=O) groups is 2. The first kappa shape index (κ1) is 29.1. The summed E-state index contributed by atoms with van der Waals surface area (Å²) >= 11 is 12.2. The van der Waals surface area contributed by atoms with Crippen molar-refractivity contribution in [3.63, 3.8) is 0 Å². The van der Waals surface area contributed by atoms with Crippen LogP contribution in [0.2, 0.25) is 10.0 Å². The molecule has 0 atom stereocenters. The van der Waals surface area contributed by atoms with Crippen molar-refractivity contribution in [1.82, 2.24) is 9.80 Å². The first-order chi connectivity index (χ1) is 19.2. The van der Waals surface area contributed by atoms with Crippen molar-refractivity contribution in [1.29, 1.82) is 0 Å². The highest BCUT2D eigenvalue weighted by atomic mass is 35.5. The Bertz CT molecular complexity index is 1560. The van der Waals surface area contributed by atoms with Crippen molar-refractivity contribution >= 4 is 51.8 Å². The van der Waals surface area contributed by atoms with Crippen molar-refractivity contribution in [2.75, 3.05) is 18.4 Å². The van der Waals surface area contributed by atoms with E-state index in [1.54, 1.807) is 48.5 Å². The van der Waals surface area contributed by atoms with Crippen LogP contribution in [-0.4, -0.2) is 34.8 Å². The van der Waals surface area contributed by atoms with Crippen LogP contribution < -0.4 is 10.7 Å². The number of rotatable bonds is 10. The number of benzene rings is 3. The summed E-state index contributed by atoms with van der Waals surface area (Å²) in [6.45, 7) is 2.08. The lowest BCUT2D eigenvalue weighted by Crippen LogP contribution is -2.44. The average Bonchev–Trinajstić information content (AvgIpc) is 2.94. The standard InChI is InChI=1S/C30H28Cl2FN3O4/c1-2-3-14-35(30(39)34-26-13-10-22(31)15-25(26)32)18-28(37)36(16-20-8-11-23(33)12-9-20)17-21-19-40-27-7-5-4-6-24(27)29(21)38/h4-13,15,19H,2-3,14,16-18H2,1H3,(H,34,39). The van der Waals surface area contributed by atoms with Gasteiger partial charge < -0.3 is 19.5 Å². The summed E-state index contributed by atoms with van der Waals surface area (Å²) < 4.78 is 19.2. The lowest BCUT2D eigenvalue weighted by molar-refractivity contribution is -0.133. The first-order valence-corrected chi connectivity index (χ1v) is 13.5. The van der Waals surface area contributed by atoms with Gasteiger partial charge in [0.2, 0.25) is 5.91 Å². The summed E-state index contributed by atoms with van der Waals surface area (Å²) in [5, 5.41) is 3.84. The van der Waals surface area contributed by atoms with Gasteiger partial charge in [0.15, 0.2) is 5.43 Å². The van der Waals surface area contributed by atoms with Crippen LogP contribution in [0.5, 0.6) is 0 Å². The van der Waals surface area contributed by atoms with Gasteiger partial charge in [0.05, 0.1) is 34.5 Å². The van der Waals surface area contributed by atoms with Gasteiger partial charge in [0, 0.05) is 18.1 Å². The monoisotopic (exact) mass is 583 g/mol. The van der Waals surface area contributed by atoms with Crippen molar-refractivity contribution in [2.24, 2.45) is 0 Å². The topological polar surface area (TPSA) is 82.9 Å². The zero-order valence-electron chi connectivity index (χ0n) is 21.8. The second kappa shape index (κ2) is 13.5. The molecule has 1 N–H and O–H groups in total. The molecule has 4 rings (SSSR count). The van der Waals surface area contributed by atoms with Crippen LogP contribution in [0.15, 0.2) is 82.2 Å². The number of para-hydroxylation sites is 1. The van der Waals surface area contributed by atoms with E-state index in [4.69, 9.17) is 27.6 Å². The number of nitrogens with zero attached hydrogens (tertiary/aromatic N) is 2. The fourth-order valence-electron chi connectivity index (χ4n) is 4.13. The zero-order chi connectivity index (χ0) is 28.6. The minimum Gasteiger partial charge on any atom is -0.464 e. The number of fused-ring (bicyclic) bond motifs is 1. The number of anilines is 1. The number of nitrogens with one attached hydrogen (secondary N) is 1. The Morgan fingerprint density at radius 1 is 0.975 bits per heavy atom. The van der Waals surface area contributed by atoms with Crippen molar-refractivity contribution in [3.8, 4) is 0 Å². The van der Waals surface area contributed by atoms with E-state index in [9.17, 15) is 18.8 Å². The molecule has 0 fully saturated rings. The first-order valence-electron chi connectivity index (χ1n) is 12.8. The third-order valence-electron chi connectivity index (χ3n) is 6.32. The second-order valence-electron chi connectivity index (χ2n) is 9.29. The second-order valence-corrected chi connectivity index (χ2v) is 10.1. The van der Waals surface area contributed by atoms with Gasteiger partial charge in [-0.15, -0.1) is 0 Å². The van der Waals surface area contributed by atoms with Crippen molar-refractivity contribution < 1.29 is 18.4 Å². The van der Waals surface area contributed by atoms with Crippen LogP contribution in [0.1, 0.15) is 30.9 Å². The van der Waals surface area contributed by atoms with Crippen LogP contribution in [-0.2, 0) is 17.9 Å². The number of hydrogen-bond acceptors (Lipinski definition) is 4. The summed E-state index contributed by atoms with van der Waals surface area (Å²) in [5.41, 5.74) is 1.50. The Morgan fingerprint density at radius 3 is 2.45 bits per heavy atom. The lowest BCUT2D eigenvalue weighted by Gasteiger charge is -2.28. The smallest absolute Gasteiger partial charge is 0.322 e. The summed E-state index contributed by atoms with van der Waals surface area (Å²) in [5.74, 6) is -0.801. The Labute approximate surface area is 241 Å². The molecule has 1 aromatic heterocycles. The van der Waals surface area contributed by atoms with Crippen LogP contribution in [0.3, 0.4) is 0 Å². The molecular weight excluding hydrogens is 556 g/mol. The maximum Gasteiger partial charge on any atom is 0.322 e. The van der Waals surface area contributed by atoms with Gasteiger partial charge in [-0.3, -0.25) is 9.59 Å². The number of halogens is 3. The molecule has 1 heterocycles. The van der Waals surface area contributed by atoms with Gasteiger partial charge in [-0.2, -0.15) is 0 Å². The van der Waals surface area contributed by atoms with Gasteiger partial charge in [0.25, 0.3) is 0 Å². The number of unbranched alkanes of at least 4 members (excludes halogenated alkanes) is 1. The van der Waals surface area contributed by atoms with E-state index in [1.165, 1.54) is 34.3 Å². The summed E-state index contributed by atoms with van der Waals surface area (Å²) in [6, 6.07) is 16.8. The van der Waals surface area contributed by atoms with Crippen LogP contribution in [0, 0.1) is 5.82 Å². The van der Waals surface area contributed by atoms with Gasteiger partial charge >= 0.3 is 6.03 Å². The number of amides is 3. The van der Waals surface area contributed by atoms with Gasteiger partial charge in [0.1, 0.15) is 17.9 Å². The number of hydrogen-bond donors (Lipinski definition) is 1. The zero-order valence-corrected chi connectivity index (χ0v) is 23.3. The molecule has 0 spiro atoms. The molecule has 0 aliphatic rings. The molecule has 4 aromatic rings. The van der Waals surface area contributed by atoms with Gasteiger partial charge in [-0.25, -0.2) is 9.18 Å². The largest absolute Gasteiger partial charge is 0.464 e. The van der Waals surface area contributed by atoms with Gasteiger partial charge in [-0.05, 0) is 54.4 Å². The van der Waals surface area contributed by atoms with Crippen molar-refractivity contribution in [2.45, 2.75) is 32.9 Å². The minimum atomic E-state index is -0.502. The SMILES string of the molecule is CCCCN(CC(=O)N(Cc1ccc(F)cc1)Cc1coc2ccccc2c1=O)C(=O)Nc1ccc(Cl)cc1Cl. The molecule has 0 aliphatic carbocycles. The molecule has 3 aromatic carbocycles. The number of urea groups is 1. The molecular formula is C30H28Cl2FN3O4. The van der Waals surface area contributed by atoms with E-state index < -0.39 is 17.8 Å². The normalized spacial score (nSPS) is 10.9. The third kappa shape index (κ3) is 7.40. The van der Waals surface area contributed by atoms with E-state index in [-0.39, 0.29) is 35.6 Å². The fourth-order valence-corrected chi connectivity index (χ4v) is 4.58. The van der Waals surface area contributed by atoms with E-state index >= 15 is 0 Å². The van der Waals surface area contributed by atoms with Crippen molar-refractivity contribution in [3.05, 3.63) is 110 Å². The highest BCUT2D eigenvalue weighted by molar-refractivity contribution is 6.36. The Balaban J connectivity index is 1.59. The molecule has 0 unspecified atom stereocenters. The molecule has 3 amide bonds. The Morgan fingerprint density at radius 2 is 1.73 bits per heavy atom. The molecule has 0 aliphatic heterocycles. The maximum absolute atomic E-state index is 13.7. The number of carbonyl (C=O) groups excluding carboxylic acids is 2. The highest BCUT2D eigenvalue weighted by Crippen LogP contribution is 2.25. The molecule has 40 heavy (non-hydrogen) atoms. The summed E-state index contributed by atoms with van der Waals surface area (Å²) in [6.07, 6.45) is 2.82. The van der Waals surface area contributed by atoms with E-state index in [0.29, 0.717) is 40.2 Å². The predicted octanol–water partition coefficient (Wildman–Crippen LogP) is 7.10.